The first-order chi connectivity index (χ1) is 10.4. The first-order valence-electron chi connectivity index (χ1n) is 6.04. The molecule has 0 saturated carbocycles. The highest BCUT2D eigenvalue weighted by Gasteiger charge is 2.49. The Morgan fingerprint density at radius 1 is 1.26 bits per heavy atom. The van der Waals surface area contributed by atoms with Crippen LogP contribution < -0.4 is 9.50 Å². The molecule has 11 heteroatoms. The second-order valence-electron chi connectivity index (χ2n) is 4.60. The molecule has 0 saturated heterocycles. The Hall–Kier alpha value is -2.30. The molecule has 7 nitrogen and oxygen atoms in total. The number of alkyl halides is 3. The van der Waals surface area contributed by atoms with Crippen molar-refractivity contribution in [2.24, 2.45) is 0 Å². The van der Waals surface area contributed by atoms with E-state index in [4.69, 9.17) is 5.11 Å². The SMILES string of the molecule is CC(C)NC(=O)c1c(OS(=O)(=O)C(F)(F)F)cccc1C(=O)O. The normalized spacial score (nSPS) is 12.1. The molecule has 1 rings (SSSR count). The van der Waals surface area contributed by atoms with Gasteiger partial charge < -0.3 is 14.6 Å². The van der Waals surface area contributed by atoms with Gasteiger partial charge in [-0.1, -0.05) is 6.07 Å². The number of carboxylic acid groups (broad SMARTS) is 1. The van der Waals surface area contributed by atoms with Crippen LogP contribution in [0.1, 0.15) is 34.6 Å². The van der Waals surface area contributed by atoms with Gasteiger partial charge in [0.15, 0.2) is 5.75 Å². The fourth-order valence-electron chi connectivity index (χ4n) is 1.51. The van der Waals surface area contributed by atoms with Gasteiger partial charge in [0.1, 0.15) is 0 Å². The fraction of sp³-hybridized carbons (Fsp3) is 0.333. The maximum absolute atomic E-state index is 12.4. The molecule has 1 amide bonds. The number of hydrogen-bond acceptors (Lipinski definition) is 5. The van der Waals surface area contributed by atoms with Crippen molar-refractivity contribution in [1.82, 2.24) is 5.32 Å². The van der Waals surface area contributed by atoms with E-state index < -0.39 is 50.4 Å². The van der Waals surface area contributed by atoms with Crippen molar-refractivity contribution in [1.29, 1.82) is 0 Å². The molecule has 23 heavy (non-hydrogen) atoms. The molecule has 0 radical (unpaired) electrons. The molecule has 0 aliphatic carbocycles. The molecule has 0 aromatic heterocycles. The molecule has 1 aromatic rings. The summed E-state index contributed by atoms with van der Waals surface area (Å²) in [6.45, 7) is 3.04. The number of halogens is 3. The van der Waals surface area contributed by atoms with Crippen LogP contribution in [0.3, 0.4) is 0 Å². The first-order valence-corrected chi connectivity index (χ1v) is 7.45. The van der Waals surface area contributed by atoms with Gasteiger partial charge in [-0.2, -0.15) is 21.6 Å². The minimum Gasteiger partial charge on any atom is -0.478 e. The number of nitrogens with one attached hydrogen (secondary N) is 1. The average Bonchev–Trinajstić information content (AvgIpc) is 2.35. The van der Waals surface area contributed by atoms with E-state index in [1.54, 1.807) is 0 Å². The summed E-state index contributed by atoms with van der Waals surface area (Å²) in [5, 5.41) is 11.3. The molecule has 0 heterocycles. The molecular weight excluding hydrogens is 343 g/mol. The van der Waals surface area contributed by atoms with Crippen LogP contribution in [0.2, 0.25) is 0 Å². The summed E-state index contributed by atoms with van der Waals surface area (Å²) in [5.74, 6) is -3.74. The Morgan fingerprint density at radius 2 is 1.83 bits per heavy atom. The molecule has 128 valence electrons. The zero-order valence-electron chi connectivity index (χ0n) is 11.8. The molecule has 2 N–H and O–H groups in total. The minimum atomic E-state index is -6.05. The van der Waals surface area contributed by atoms with Gasteiger partial charge in [-0.3, -0.25) is 4.79 Å². The Morgan fingerprint density at radius 3 is 2.26 bits per heavy atom. The Kier molecular flexibility index (Phi) is 5.25. The monoisotopic (exact) mass is 355 g/mol. The second-order valence-corrected chi connectivity index (χ2v) is 6.13. The zero-order chi connectivity index (χ0) is 18.0. The third-order valence-corrected chi connectivity index (χ3v) is 3.35. The van der Waals surface area contributed by atoms with Crippen molar-refractivity contribution in [2.75, 3.05) is 0 Å². The fourth-order valence-corrected chi connectivity index (χ4v) is 1.98. The van der Waals surface area contributed by atoms with Gasteiger partial charge in [0.05, 0.1) is 11.1 Å². The van der Waals surface area contributed by atoms with Crippen molar-refractivity contribution in [2.45, 2.75) is 25.4 Å². The van der Waals surface area contributed by atoms with Crippen LogP contribution in [0.15, 0.2) is 18.2 Å². The van der Waals surface area contributed by atoms with Crippen LogP contribution in [-0.4, -0.2) is 37.0 Å². The third-order valence-electron chi connectivity index (χ3n) is 2.39. The molecular formula is C12H12F3NO6S. The molecule has 0 aliphatic heterocycles. The van der Waals surface area contributed by atoms with E-state index in [2.05, 4.69) is 9.50 Å². The lowest BCUT2D eigenvalue weighted by Crippen LogP contribution is -2.33. The smallest absolute Gasteiger partial charge is 0.478 e. The maximum Gasteiger partial charge on any atom is 0.534 e. The van der Waals surface area contributed by atoms with Crippen molar-refractivity contribution in [3.05, 3.63) is 29.3 Å². The molecule has 1 aromatic carbocycles. The van der Waals surface area contributed by atoms with Crippen LogP contribution in [0.25, 0.3) is 0 Å². The number of carbonyl (C=O) groups is 2. The van der Waals surface area contributed by atoms with E-state index in [0.717, 1.165) is 18.2 Å². The van der Waals surface area contributed by atoms with E-state index in [1.807, 2.05) is 0 Å². The van der Waals surface area contributed by atoms with E-state index >= 15 is 0 Å². The van der Waals surface area contributed by atoms with Gasteiger partial charge in [-0.05, 0) is 26.0 Å². The van der Waals surface area contributed by atoms with Gasteiger partial charge in [-0.15, -0.1) is 0 Å². The van der Waals surface area contributed by atoms with E-state index in [9.17, 15) is 31.2 Å². The number of benzene rings is 1. The molecule has 0 spiro atoms. The van der Waals surface area contributed by atoms with Gasteiger partial charge in [0.25, 0.3) is 5.91 Å². The summed E-state index contributed by atoms with van der Waals surface area (Å²) in [4.78, 5) is 23.1. The van der Waals surface area contributed by atoms with Crippen LogP contribution in [0, 0.1) is 0 Å². The van der Waals surface area contributed by atoms with Gasteiger partial charge in [0.2, 0.25) is 0 Å². The topological polar surface area (TPSA) is 110 Å². The standard InChI is InChI=1S/C12H12F3NO6S/c1-6(2)16-10(17)9-7(11(18)19)4-3-5-8(9)22-23(20,21)12(13,14)15/h3-6H,1-2H3,(H,16,17)(H,18,19). The Balaban J connectivity index is 3.47. The van der Waals surface area contributed by atoms with Crippen LogP contribution in [-0.2, 0) is 10.1 Å². The van der Waals surface area contributed by atoms with Crippen LogP contribution >= 0.6 is 0 Å². The number of rotatable bonds is 5. The predicted octanol–water partition coefficient (Wildman–Crippen LogP) is 1.75. The van der Waals surface area contributed by atoms with E-state index in [1.165, 1.54) is 13.8 Å². The highest BCUT2D eigenvalue weighted by Crippen LogP contribution is 2.30. The summed E-state index contributed by atoms with van der Waals surface area (Å²) in [6.07, 6.45) is 0. The molecule has 0 atom stereocenters. The average molecular weight is 355 g/mol. The van der Waals surface area contributed by atoms with Crippen molar-refractivity contribution in [3.8, 4) is 5.75 Å². The van der Waals surface area contributed by atoms with Gasteiger partial charge in [0, 0.05) is 6.04 Å². The lowest BCUT2D eigenvalue weighted by atomic mass is 10.1. The van der Waals surface area contributed by atoms with Crippen molar-refractivity contribution < 1.29 is 40.5 Å². The van der Waals surface area contributed by atoms with Gasteiger partial charge >= 0.3 is 21.6 Å². The van der Waals surface area contributed by atoms with Gasteiger partial charge in [-0.25, -0.2) is 4.79 Å². The van der Waals surface area contributed by atoms with Crippen LogP contribution in [0.4, 0.5) is 13.2 Å². The summed E-state index contributed by atoms with van der Waals surface area (Å²) in [7, 11) is -6.05. The first kappa shape index (κ1) is 18.7. The largest absolute Gasteiger partial charge is 0.534 e. The predicted molar refractivity (Wildman–Crippen MR) is 71.6 cm³/mol. The highest BCUT2D eigenvalue weighted by atomic mass is 32.2. The van der Waals surface area contributed by atoms with E-state index in [0.29, 0.717) is 0 Å². The lowest BCUT2D eigenvalue weighted by molar-refractivity contribution is -0.0500. The number of aromatic carboxylic acids is 1. The summed E-state index contributed by atoms with van der Waals surface area (Å²) >= 11 is 0. The number of hydrogen-bond donors (Lipinski definition) is 2. The second kappa shape index (κ2) is 6.44. The van der Waals surface area contributed by atoms with Crippen molar-refractivity contribution >= 4 is 22.0 Å². The highest BCUT2D eigenvalue weighted by molar-refractivity contribution is 7.88. The van der Waals surface area contributed by atoms with Crippen molar-refractivity contribution in [3.63, 3.8) is 0 Å². The number of carboxylic acids is 1. The zero-order valence-corrected chi connectivity index (χ0v) is 12.7. The molecule has 0 unspecified atom stereocenters. The summed E-state index contributed by atoms with van der Waals surface area (Å²) in [6, 6.07) is 2.17. The molecule has 0 bridgehead atoms. The van der Waals surface area contributed by atoms with E-state index in [-0.39, 0.29) is 0 Å². The van der Waals surface area contributed by atoms with Crippen LogP contribution in [0.5, 0.6) is 5.75 Å². The third kappa shape index (κ3) is 4.34. The Labute approximate surface area is 129 Å². The maximum atomic E-state index is 12.4. The number of amides is 1. The molecule has 0 aliphatic rings. The number of carbonyl (C=O) groups excluding carboxylic acids is 1. The molecule has 0 fully saturated rings. The quantitative estimate of drug-likeness (QED) is 0.615. The lowest BCUT2D eigenvalue weighted by Gasteiger charge is -2.15. The minimum absolute atomic E-state index is 0.476. The Bertz CT molecular complexity index is 727. The summed E-state index contributed by atoms with van der Waals surface area (Å²) < 4.78 is 63.2. The summed E-state index contributed by atoms with van der Waals surface area (Å²) in [5.41, 5.74) is -7.24.